The quantitative estimate of drug-likeness (QED) is 0.655. The van der Waals surface area contributed by atoms with Crippen molar-refractivity contribution in [3.8, 4) is 0 Å². The van der Waals surface area contributed by atoms with Crippen molar-refractivity contribution in [3.05, 3.63) is 17.0 Å². The number of nitrogens with one attached hydrogen (secondary N) is 2. The molecule has 0 amide bonds. The maximum Gasteiger partial charge on any atom is 0.0628 e. The molecule has 0 atom stereocenters. The predicted molar refractivity (Wildman–Crippen MR) is 77.0 cm³/mol. The summed E-state index contributed by atoms with van der Waals surface area (Å²) in [5, 5.41) is 11.3. The standard InChI is InChI=1S/C14H28N4/c1-5-8-15-10-11-16-9-6-7-14-12(2)17-18(4)13(14)3/h15-16H,5-11H2,1-4H3. The molecule has 0 aromatic carbocycles. The third kappa shape index (κ3) is 4.78. The molecule has 18 heavy (non-hydrogen) atoms. The lowest BCUT2D eigenvalue weighted by molar-refractivity contribution is 0.593. The average Bonchev–Trinajstić information content (AvgIpc) is 2.58. The van der Waals surface area contributed by atoms with Crippen LogP contribution in [0.1, 0.15) is 36.7 Å². The molecular weight excluding hydrogens is 224 g/mol. The Morgan fingerprint density at radius 2 is 1.72 bits per heavy atom. The van der Waals surface area contributed by atoms with Crippen LogP contribution in [0.4, 0.5) is 0 Å². The van der Waals surface area contributed by atoms with Gasteiger partial charge in [0.2, 0.25) is 0 Å². The van der Waals surface area contributed by atoms with Crippen LogP contribution in [0.25, 0.3) is 0 Å². The fraction of sp³-hybridized carbons (Fsp3) is 0.786. The van der Waals surface area contributed by atoms with Crippen LogP contribution in [0.2, 0.25) is 0 Å². The highest BCUT2D eigenvalue weighted by Gasteiger charge is 2.07. The Morgan fingerprint density at radius 1 is 1.06 bits per heavy atom. The van der Waals surface area contributed by atoms with Gasteiger partial charge in [-0.05, 0) is 51.8 Å². The normalized spacial score (nSPS) is 11.1. The minimum Gasteiger partial charge on any atom is -0.315 e. The molecule has 0 aliphatic carbocycles. The lowest BCUT2D eigenvalue weighted by Gasteiger charge is -2.06. The molecule has 1 aromatic rings. The molecule has 0 spiro atoms. The molecule has 1 aromatic heterocycles. The van der Waals surface area contributed by atoms with Crippen molar-refractivity contribution in [2.75, 3.05) is 26.2 Å². The molecule has 0 saturated heterocycles. The zero-order valence-electron chi connectivity index (χ0n) is 12.3. The fourth-order valence-corrected chi connectivity index (χ4v) is 2.17. The van der Waals surface area contributed by atoms with Crippen LogP contribution in [-0.4, -0.2) is 36.0 Å². The first-order valence-corrected chi connectivity index (χ1v) is 7.07. The van der Waals surface area contributed by atoms with E-state index in [0.29, 0.717) is 0 Å². The summed E-state index contributed by atoms with van der Waals surface area (Å²) in [4.78, 5) is 0. The van der Waals surface area contributed by atoms with Gasteiger partial charge in [0.05, 0.1) is 5.69 Å². The van der Waals surface area contributed by atoms with Gasteiger partial charge in [0.1, 0.15) is 0 Å². The van der Waals surface area contributed by atoms with Crippen LogP contribution < -0.4 is 10.6 Å². The molecule has 4 nitrogen and oxygen atoms in total. The van der Waals surface area contributed by atoms with Gasteiger partial charge in [-0.1, -0.05) is 6.92 Å². The van der Waals surface area contributed by atoms with Gasteiger partial charge in [-0.25, -0.2) is 0 Å². The molecular formula is C14H28N4. The monoisotopic (exact) mass is 252 g/mol. The number of rotatable bonds is 9. The minimum atomic E-state index is 1.06. The molecule has 0 unspecified atom stereocenters. The highest BCUT2D eigenvalue weighted by Crippen LogP contribution is 2.13. The topological polar surface area (TPSA) is 41.9 Å². The third-order valence-electron chi connectivity index (χ3n) is 3.34. The van der Waals surface area contributed by atoms with E-state index in [-0.39, 0.29) is 0 Å². The smallest absolute Gasteiger partial charge is 0.0628 e. The maximum absolute atomic E-state index is 4.45. The molecule has 104 valence electrons. The zero-order valence-corrected chi connectivity index (χ0v) is 12.3. The second-order valence-corrected chi connectivity index (χ2v) is 4.88. The van der Waals surface area contributed by atoms with E-state index < -0.39 is 0 Å². The first-order chi connectivity index (χ1) is 8.66. The van der Waals surface area contributed by atoms with E-state index in [1.807, 2.05) is 11.7 Å². The van der Waals surface area contributed by atoms with Gasteiger partial charge in [-0.15, -0.1) is 0 Å². The lowest BCUT2D eigenvalue weighted by Crippen LogP contribution is -2.28. The van der Waals surface area contributed by atoms with Crippen molar-refractivity contribution in [3.63, 3.8) is 0 Å². The lowest BCUT2D eigenvalue weighted by atomic mass is 10.1. The predicted octanol–water partition coefficient (Wildman–Crippen LogP) is 1.56. The summed E-state index contributed by atoms with van der Waals surface area (Å²) in [7, 11) is 2.02. The van der Waals surface area contributed by atoms with Gasteiger partial charge < -0.3 is 10.6 Å². The highest BCUT2D eigenvalue weighted by molar-refractivity contribution is 5.24. The SMILES string of the molecule is CCCNCCNCCCc1c(C)nn(C)c1C. The molecule has 4 heteroatoms. The summed E-state index contributed by atoms with van der Waals surface area (Å²) in [5.74, 6) is 0. The average molecular weight is 252 g/mol. The Morgan fingerprint density at radius 3 is 2.28 bits per heavy atom. The summed E-state index contributed by atoms with van der Waals surface area (Å²) in [6.45, 7) is 10.8. The number of hydrogen-bond donors (Lipinski definition) is 2. The molecule has 0 fully saturated rings. The second kappa shape index (κ2) is 8.27. The maximum atomic E-state index is 4.45. The minimum absolute atomic E-state index is 1.06. The van der Waals surface area contributed by atoms with Gasteiger partial charge in [-0.2, -0.15) is 5.10 Å². The summed E-state index contributed by atoms with van der Waals surface area (Å²) >= 11 is 0. The number of aryl methyl sites for hydroxylation is 2. The Kier molecular flexibility index (Phi) is 6.98. The molecule has 0 aliphatic rings. The van der Waals surface area contributed by atoms with Crippen LogP contribution in [0.5, 0.6) is 0 Å². The molecule has 0 saturated carbocycles. The van der Waals surface area contributed by atoms with Gasteiger partial charge in [0.15, 0.2) is 0 Å². The van der Waals surface area contributed by atoms with Gasteiger partial charge in [-0.3, -0.25) is 4.68 Å². The van der Waals surface area contributed by atoms with E-state index in [4.69, 9.17) is 0 Å². The molecule has 2 N–H and O–H groups in total. The van der Waals surface area contributed by atoms with Crippen LogP contribution >= 0.6 is 0 Å². The van der Waals surface area contributed by atoms with Gasteiger partial charge >= 0.3 is 0 Å². The Labute approximate surface area is 111 Å². The Bertz CT molecular complexity index is 344. The summed E-state index contributed by atoms with van der Waals surface area (Å²) in [6.07, 6.45) is 3.52. The number of nitrogens with zero attached hydrogens (tertiary/aromatic N) is 2. The Balaban J connectivity index is 2.11. The third-order valence-corrected chi connectivity index (χ3v) is 3.34. The largest absolute Gasteiger partial charge is 0.315 e. The summed E-state index contributed by atoms with van der Waals surface area (Å²) in [6, 6.07) is 0. The van der Waals surface area contributed by atoms with E-state index in [0.717, 1.165) is 32.6 Å². The fourth-order valence-electron chi connectivity index (χ4n) is 2.17. The van der Waals surface area contributed by atoms with Crippen LogP contribution in [0.3, 0.4) is 0 Å². The first-order valence-electron chi connectivity index (χ1n) is 7.07. The van der Waals surface area contributed by atoms with Crippen LogP contribution in [-0.2, 0) is 13.5 Å². The molecule has 1 heterocycles. The van der Waals surface area contributed by atoms with Crippen molar-refractivity contribution in [1.29, 1.82) is 0 Å². The van der Waals surface area contributed by atoms with Crippen LogP contribution in [0.15, 0.2) is 0 Å². The van der Waals surface area contributed by atoms with Crippen molar-refractivity contribution in [2.45, 2.75) is 40.0 Å². The van der Waals surface area contributed by atoms with Crippen LogP contribution in [0, 0.1) is 13.8 Å². The molecule has 0 bridgehead atoms. The first kappa shape index (κ1) is 15.2. The molecule has 1 rings (SSSR count). The van der Waals surface area contributed by atoms with E-state index in [9.17, 15) is 0 Å². The molecule has 0 aliphatic heterocycles. The van der Waals surface area contributed by atoms with Crippen molar-refractivity contribution in [2.24, 2.45) is 7.05 Å². The highest BCUT2D eigenvalue weighted by atomic mass is 15.3. The summed E-state index contributed by atoms with van der Waals surface area (Å²) in [5.41, 5.74) is 3.90. The number of hydrogen-bond acceptors (Lipinski definition) is 3. The summed E-state index contributed by atoms with van der Waals surface area (Å²) < 4.78 is 1.98. The van der Waals surface area contributed by atoms with E-state index in [2.05, 4.69) is 36.5 Å². The van der Waals surface area contributed by atoms with E-state index in [1.165, 1.54) is 29.8 Å². The van der Waals surface area contributed by atoms with E-state index >= 15 is 0 Å². The second-order valence-electron chi connectivity index (χ2n) is 4.88. The van der Waals surface area contributed by atoms with Crippen molar-refractivity contribution >= 4 is 0 Å². The molecule has 0 radical (unpaired) electrons. The number of aromatic nitrogens is 2. The van der Waals surface area contributed by atoms with E-state index in [1.54, 1.807) is 0 Å². The van der Waals surface area contributed by atoms with Gasteiger partial charge in [0, 0.05) is 25.8 Å². The zero-order chi connectivity index (χ0) is 13.4. The van der Waals surface area contributed by atoms with Crippen molar-refractivity contribution < 1.29 is 0 Å². The Hall–Kier alpha value is -0.870. The van der Waals surface area contributed by atoms with Crippen molar-refractivity contribution in [1.82, 2.24) is 20.4 Å². The van der Waals surface area contributed by atoms with Gasteiger partial charge in [0.25, 0.3) is 0 Å².